The summed E-state index contributed by atoms with van der Waals surface area (Å²) < 4.78 is 0. The molecule has 0 radical (unpaired) electrons. The summed E-state index contributed by atoms with van der Waals surface area (Å²) in [5, 5.41) is 7.58. The van der Waals surface area contributed by atoms with Crippen LogP contribution in [0.1, 0.15) is 11.1 Å². The van der Waals surface area contributed by atoms with Gasteiger partial charge in [0.2, 0.25) is 0 Å². The van der Waals surface area contributed by atoms with Gasteiger partial charge in [0.1, 0.15) is 5.52 Å². The lowest BCUT2D eigenvalue weighted by Gasteiger charge is -2.04. The quantitative estimate of drug-likeness (QED) is 0.410. The number of hydrogen-bond acceptors (Lipinski definition) is 5. The van der Waals surface area contributed by atoms with E-state index in [1.165, 1.54) is 5.56 Å². The van der Waals surface area contributed by atoms with E-state index in [0.29, 0.717) is 17.2 Å². The number of aromatic amines is 2. The van der Waals surface area contributed by atoms with E-state index in [1.807, 2.05) is 30.5 Å². The molecular weight excluding hydrogens is 398 g/mol. The van der Waals surface area contributed by atoms with Gasteiger partial charge in [-0.05, 0) is 49.2 Å². The maximum absolute atomic E-state index is 4.89. The van der Waals surface area contributed by atoms with Gasteiger partial charge in [0, 0.05) is 29.7 Å². The van der Waals surface area contributed by atoms with Gasteiger partial charge in [-0.1, -0.05) is 29.8 Å². The Morgan fingerprint density at radius 3 is 2.69 bits per heavy atom. The van der Waals surface area contributed by atoms with Gasteiger partial charge in [-0.2, -0.15) is 5.10 Å². The number of nitrogens with zero attached hydrogens (tertiary/aromatic N) is 5. The summed E-state index contributed by atoms with van der Waals surface area (Å²) in [6.45, 7) is 4.14. The van der Waals surface area contributed by atoms with Crippen LogP contribution in [0.3, 0.4) is 0 Å². The zero-order valence-corrected chi connectivity index (χ0v) is 17.6. The number of H-pyrrole nitrogens is 2. The molecule has 0 saturated heterocycles. The van der Waals surface area contributed by atoms with Gasteiger partial charge in [0.05, 0.1) is 16.7 Å². The molecule has 154 valence electrons. The molecule has 6 aromatic rings. The van der Waals surface area contributed by atoms with Crippen LogP contribution in [-0.2, 0) is 0 Å². The number of benzene rings is 1. The molecule has 7 nitrogen and oxygen atoms in total. The topological polar surface area (TPSA) is 96.0 Å². The highest BCUT2D eigenvalue weighted by Crippen LogP contribution is 2.31. The molecule has 0 bridgehead atoms. The molecule has 5 heterocycles. The summed E-state index contributed by atoms with van der Waals surface area (Å²) in [6, 6.07) is 16.3. The Morgan fingerprint density at radius 1 is 0.875 bits per heavy atom. The van der Waals surface area contributed by atoms with Crippen molar-refractivity contribution in [2.24, 2.45) is 0 Å². The number of pyridine rings is 3. The Kier molecular flexibility index (Phi) is 4.07. The molecule has 0 fully saturated rings. The van der Waals surface area contributed by atoms with Crippen LogP contribution in [-0.4, -0.2) is 35.1 Å². The molecule has 1 aromatic carbocycles. The number of fused-ring (bicyclic) bond motifs is 2. The van der Waals surface area contributed by atoms with Crippen LogP contribution in [0, 0.1) is 13.8 Å². The van der Waals surface area contributed by atoms with Crippen LogP contribution in [0.2, 0.25) is 0 Å². The number of rotatable bonds is 3. The smallest absolute Gasteiger partial charge is 0.178 e. The molecule has 0 unspecified atom stereocenters. The fourth-order valence-electron chi connectivity index (χ4n) is 4.02. The maximum Gasteiger partial charge on any atom is 0.178 e. The third-order valence-corrected chi connectivity index (χ3v) is 5.67. The van der Waals surface area contributed by atoms with E-state index in [4.69, 9.17) is 9.97 Å². The van der Waals surface area contributed by atoms with Crippen molar-refractivity contribution in [3.8, 4) is 33.9 Å². The first-order chi connectivity index (χ1) is 15.7. The predicted octanol–water partition coefficient (Wildman–Crippen LogP) is 5.24. The third-order valence-electron chi connectivity index (χ3n) is 5.67. The Hall–Kier alpha value is -4.39. The van der Waals surface area contributed by atoms with Gasteiger partial charge >= 0.3 is 0 Å². The van der Waals surface area contributed by atoms with E-state index in [9.17, 15) is 0 Å². The van der Waals surface area contributed by atoms with Crippen LogP contribution < -0.4 is 0 Å². The lowest BCUT2D eigenvalue weighted by atomic mass is 10.0. The zero-order valence-electron chi connectivity index (χ0n) is 17.6. The highest BCUT2D eigenvalue weighted by atomic mass is 15.2. The van der Waals surface area contributed by atoms with Crippen molar-refractivity contribution in [2.45, 2.75) is 13.8 Å². The summed E-state index contributed by atoms with van der Waals surface area (Å²) in [5.41, 5.74) is 10.1. The van der Waals surface area contributed by atoms with E-state index in [1.54, 1.807) is 12.4 Å². The first kappa shape index (κ1) is 18.4. The van der Waals surface area contributed by atoms with Crippen LogP contribution in [0.4, 0.5) is 0 Å². The van der Waals surface area contributed by atoms with Crippen molar-refractivity contribution in [3.63, 3.8) is 0 Å². The van der Waals surface area contributed by atoms with Crippen LogP contribution in [0.5, 0.6) is 0 Å². The average Bonchev–Trinajstić information content (AvgIpc) is 3.42. The summed E-state index contributed by atoms with van der Waals surface area (Å²) in [4.78, 5) is 21.8. The van der Waals surface area contributed by atoms with E-state index in [-0.39, 0.29) is 0 Å². The minimum atomic E-state index is 0.631. The molecule has 2 N–H and O–H groups in total. The van der Waals surface area contributed by atoms with Crippen LogP contribution in [0.15, 0.2) is 67.1 Å². The van der Waals surface area contributed by atoms with Gasteiger partial charge in [-0.3, -0.25) is 10.1 Å². The normalized spacial score (nSPS) is 11.4. The van der Waals surface area contributed by atoms with E-state index >= 15 is 0 Å². The Bertz CT molecular complexity index is 1610. The number of aromatic nitrogens is 7. The average molecular weight is 417 g/mol. The highest BCUT2D eigenvalue weighted by Gasteiger charge is 2.17. The molecular formula is C25H19N7. The third kappa shape index (κ3) is 2.94. The largest absolute Gasteiger partial charge is 0.335 e. The first-order valence-electron chi connectivity index (χ1n) is 10.4. The number of hydrogen-bond donors (Lipinski definition) is 2. The minimum Gasteiger partial charge on any atom is -0.335 e. The molecule has 0 saturated carbocycles. The Morgan fingerprint density at radius 2 is 1.81 bits per heavy atom. The van der Waals surface area contributed by atoms with Crippen molar-refractivity contribution in [1.29, 1.82) is 0 Å². The second kappa shape index (κ2) is 7.09. The fraction of sp³-hybridized carbons (Fsp3) is 0.0800. The fourth-order valence-corrected chi connectivity index (χ4v) is 4.02. The van der Waals surface area contributed by atoms with Gasteiger partial charge in [-0.15, -0.1) is 0 Å². The van der Waals surface area contributed by atoms with Crippen molar-refractivity contribution < 1.29 is 0 Å². The summed E-state index contributed by atoms with van der Waals surface area (Å²) in [7, 11) is 0. The minimum absolute atomic E-state index is 0.631. The molecule has 0 aliphatic rings. The molecule has 0 atom stereocenters. The maximum atomic E-state index is 4.89. The van der Waals surface area contributed by atoms with Gasteiger partial charge in [0.25, 0.3) is 0 Å². The number of aryl methyl sites for hydroxylation is 2. The molecule has 0 aliphatic carbocycles. The molecule has 0 spiro atoms. The lowest BCUT2D eigenvalue weighted by Crippen LogP contribution is -1.90. The van der Waals surface area contributed by atoms with Crippen molar-refractivity contribution >= 4 is 22.2 Å². The van der Waals surface area contributed by atoms with Crippen molar-refractivity contribution in [2.75, 3.05) is 0 Å². The SMILES string of the molecule is Cc1cccc(-c2ccnc3nc(-c4n[nH]c5ccc(-c6cnccc6C)nc45)[nH]c23)c1. The standard InChI is InChI=1S/C25H19N7/c1-14-4-3-5-16(12-14)17-9-11-27-24-21(17)29-25(30-24)23-22-20(31-32-23)7-6-19(28-22)18-13-26-10-8-15(18)2/h3-13H,1-2H3,(H,31,32)(H,27,29,30). The monoisotopic (exact) mass is 417 g/mol. The van der Waals surface area contributed by atoms with Gasteiger partial charge < -0.3 is 4.98 Å². The van der Waals surface area contributed by atoms with Crippen LogP contribution in [0.25, 0.3) is 56.1 Å². The number of nitrogens with one attached hydrogen (secondary N) is 2. The predicted molar refractivity (Wildman–Crippen MR) is 125 cm³/mol. The second-order valence-corrected chi connectivity index (χ2v) is 7.87. The Labute approximate surface area is 183 Å². The highest BCUT2D eigenvalue weighted by molar-refractivity contribution is 5.95. The summed E-state index contributed by atoms with van der Waals surface area (Å²) in [6.07, 6.45) is 5.41. The molecule has 7 heteroatoms. The van der Waals surface area contributed by atoms with E-state index in [0.717, 1.165) is 44.5 Å². The Balaban J connectivity index is 1.52. The first-order valence-corrected chi connectivity index (χ1v) is 10.4. The summed E-state index contributed by atoms with van der Waals surface area (Å²) in [5.74, 6) is 0.631. The molecule has 0 amide bonds. The van der Waals surface area contributed by atoms with Crippen molar-refractivity contribution in [3.05, 3.63) is 78.2 Å². The molecule has 32 heavy (non-hydrogen) atoms. The van der Waals surface area contributed by atoms with Crippen molar-refractivity contribution in [1.82, 2.24) is 35.1 Å². The van der Waals surface area contributed by atoms with E-state index < -0.39 is 0 Å². The zero-order chi connectivity index (χ0) is 21.7. The van der Waals surface area contributed by atoms with Gasteiger partial charge in [-0.25, -0.2) is 15.0 Å². The molecule has 6 rings (SSSR count). The summed E-state index contributed by atoms with van der Waals surface area (Å²) >= 11 is 0. The van der Waals surface area contributed by atoms with Crippen LogP contribution >= 0.6 is 0 Å². The van der Waals surface area contributed by atoms with Gasteiger partial charge in [0.15, 0.2) is 17.2 Å². The second-order valence-electron chi connectivity index (χ2n) is 7.87. The number of imidazole rings is 1. The van der Waals surface area contributed by atoms with E-state index in [2.05, 4.69) is 63.3 Å². The molecule has 0 aliphatic heterocycles. The molecule has 5 aromatic heterocycles. The lowest BCUT2D eigenvalue weighted by molar-refractivity contribution is 1.10.